The highest BCUT2D eigenvalue weighted by atomic mass is 32.1. The Balaban J connectivity index is 1.91. The molecular weight excluding hydrogens is 254 g/mol. The molecule has 1 aromatic rings. The van der Waals surface area contributed by atoms with Crippen molar-refractivity contribution in [3.63, 3.8) is 0 Å². The predicted octanol–water partition coefficient (Wildman–Crippen LogP) is 3.72. The molecule has 0 bridgehead atoms. The molecular formula is C16H23NOS. The lowest BCUT2D eigenvalue weighted by Crippen LogP contribution is -2.20. The molecule has 0 aromatic heterocycles. The topological polar surface area (TPSA) is 35.2 Å². The minimum absolute atomic E-state index is 0.436. The third kappa shape index (κ3) is 4.02. The van der Waals surface area contributed by atoms with Gasteiger partial charge in [0.05, 0.1) is 12.7 Å². The predicted molar refractivity (Wildman–Crippen MR) is 83.3 cm³/mol. The average Bonchev–Trinajstić information content (AvgIpc) is 2.39. The summed E-state index contributed by atoms with van der Waals surface area (Å²) in [7, 11) is 0. The van der Waals surface area contributed by atoms with Crippen LogP contribution in [-0.2, 0) is 11.3 Å². The second kappa shape index (κ2) is 6.49. The number of aryl methyl sites for hydroxylation is 1. The van der Waals surface area contributed by atoms with Crippen molar-refractivity contribution < 1.29 is 4.74 Å². The first-order chi connectivity index (χ1) is 9.06. The Labute approximate surface area is 121 Å². The molecule has 1 aromatic carbocycles. The molecule has 0 spiro atoms. The Morgan fingerprint density at radius 3 is 2.58 bits per heavy atom. The van der Waals surface area contributed by atoms with Gasteiger partial charge in [-0.3, -0.25) is 0 Å². The van der Waals surface area contributed by atoms with Crippen molar-refractivity contribution in [3.8, 4) is 0 Å². The molecule has 0 amide bonds. The highest BCUT2D eigenvalue weighted by Crippen LogP contribution is 2.26. The molecule has 1 aliphatic carbocycles. The normalized spacial score (nSPS) is 23.3. The van der Waals surface area contributed by atoms with Crippen LogP contribution in [0.2, 0.25) is 0 Å². The lowest BCUT2D eigenvalue weighted by molar-refractivity contribution is 0.00857. The van der Waals surface area contributed by atoms with E-state index in [9.17, 15) is 0 Å². The van der Waals surface area contributed by atoms with Gasteiger partial charge in [0.15, 0.2) is 0 Å². The van der Waals surface area contributed by atoms with Crippen LogP contribution in [-0.4, -0.2) is 11.1 Å². The maximum atomic E-state index is 6.03. The molecule has 1 aliphatic rings. The zero-order chi connectivity index (χ0) is 13.8. The fraction of sp³-hybridized carbons (Fsp3) is 0.562. The summed E-state index contributed by atoms with van der Waals surface area (Å²) in [6.45, 7) is 5.11. The van der Waals surface area contributed by atoms with E-state index in [1.807, 2.05) is 12.1 Å². The highest BCUT2D eigenvalue weighted by Gasteiger charge is 2.18. The van der Waals surface area contributed by atoms with Crippen LogP contribution in [0.5, 0.6) is 0 Å². The van der Waals surface area contributed by atoms with Crippen LogP contribution >= 0.6 is 12.2 Å². The van der Waals surface area contributed by atoms with E-state index in [0.29, 0.717) is 17.7 Å². The molecule has 0 unspecified atom stereocenters. The molecule has 2 nitrogen and oxygen atoms in total. The number of ether oxygens (including phenoxy) is 1. The molecule has 2 N–H and O–H groups in total. The summed E-state index contributed by atoms with van der Waals surface area (Å²) in [5.74, 6) is 0.867. The van der Waals surface area contributed by atoms with Crippen molar-refractivity contribution in [2.24, 2.45) is 11.7 Å². The van der Waals surface area contributed by atoms with Gasteiger partial charge in [0.2, 0.25) is 0 Å². The second-order valence-electron chi connectivity index (χ2n) is 5.70. The van der Waals surface area contributed by atoms with Gasteiger partial charge in [0.1, 0.15) is 4.99 Å². The molecule has 0 atom stereocenters. The van der Waals surface area contributed by atoms with Crippen LogP contribution in [0.25, 0.3) is 0 Å². The molecule has 3 heteroatoms. The molecule has 0 heterocycles. The van der Waals surface area contributed by atoms with Crippen molar-refractivity contribution in [1.29, 1.82) is 0 Å². The summed E-state index contributed by atoms with van der Waals surface area (Å²) in [5.41, 5.74) is 9.01. The first-order valence-electron chi connectivity index (χ1n) is 7.07. The largest absolute Gasteiger partial charge is 0.389 e. The van der Waals surface area contributed by atoms with Gasteiger partial charge in [-0.1, -0.05) is 31.3 Å². The maximum absolute atomic E-state index is 6.03. The minimum atomic E-state index is 0.436. The number of rotatable bonds is 4. The smallest absolute Gasteiger partial charge is 0.103 e. The van der Waals surface area contributed by atoms with Crippen molar-refractivity contribution in [2.75, 3.05) is 0 Å². The summed E-state index contributed by atoms with van der Waals surface area (Å²) >= 11 is 4.99. The van der Waals surface area contributed by atoms with Gasteiger partial charge in [-0.25, -0.2) is 0 Å². The van der Waals surface area contributed by atoms with Crippen LogP contribution in [0.3, 0.4) is 0 Å². The Kier molecular flexibility index (Phi) is 4.94. The Bertz CT molecular complexity index is 450. The average molecular weight is 277 g/mol. The molecule has 2 rings (SSSR count). The highest BCUT2D eigenvalue weighted by molar-refractivity contribution is 7.80. The summed E-state index contributed by atoms with van der Waals surface area (Å²) in [6, 6.07) is 6.11. The first-order valence-corrected chi connectivity index (χ1v) is 7.48. The number of hydrogen-bond donors (Lipinski definition) is 1. The van der Waals surface area contributed by atoms with Gasteiger partial charge < -0.3 is 10.5 Å². The van der Waals surface area contributed by atoms with Gasteiger partial charge in [-0.15, -0.1) is 0 Å². The number of nitrogens with two attached hydrogens (primary N) is 1. The van der Waals surface area contributed by atoms with Crippen LogP contribution in [0.15, 0.2) is 18.2 Å². The lowest BCUT2D eigenvalue weighted by atomic mass is 9.89. The van der Waals surface area contributed by atoms with Crippen molar-refractivity contribution in [2.45, 2.75) is 52.2 Å². The van der Waals surface area contributed by atoms with E-state index in [-0.39, 0.29) is 0 Å². The van der Waals surface area contributed by atoms with E-state index in [0.717, 1.165) is 11.5 Å². The summed E-state index contributed by atoms with van der Waals surface area (Å²) in [6.07, 6.45) is 5.43. The van der Waals surface area contributed by atoms with Crippen LogP contribution in [0, 0.1) is 12.8 Å². The fourth-order valence-electron chi connectivity index (χ4n) is 2.61. The standard InChI is InChI=1S/C16H23NOS/c1-11-3-7-15(8-4-11)18-10-14-6-5-13(16(17)19)9-12(14)2/h5-6,9,11,15H,3-4,7-8,10H2,1-2H3,(H2,17,19). The monoisotopic (exact) mass is 277 g/mol. The zero-order valence-electron chi connectivity index (χ0n) is 11.8. The van der Waals surface area contributed by atoms with E-state index < -0.39 is 0 Å². The van der Waals surface area contributed by atoms with Crippen molar-refractivity contribution in [3.05, 3.63) is 34.9 Å². The summed E-state index contributed by atoms with van der Waals surface area (Å²) in [4.78, 5) is 0.455. The zero-order valence-corrected chi connectivity index (χ0v) is 12.6. The molecule has 19 heavy (non-hydrogen) atoms. The SMILES string of the molecule is Cc1cc(C(N)=S)ccc1COC1CCC(C)CC1. The van der Waals surface area contributed by atoms with Crippen LogP contribution < -0.4 is 5.73 Å². The molecule has 1 saturated carbocycles. The van der Waals surface area contributed by atoms with E-state index in [2.05, 4.69) is 19.9 Å². The molecule has 104 valence electrons. The van der Waals surface area contributed by atoms with Gasteiger partial charge >= 0.3 is 0 Å². The lowest BCUT2D eigenvalue weighted by Gasteiger charge is -2.26. The van der Waals surface area contributed by atoms with Gasteiger partial charge in [0.25, 0.3) is 0 Å². The minimum Gasteiger partial charge on any atom is -0.389 e. The van der Waals surface area contributed by atoms with E-state index in [4.69, 9.17) is 22.7 Å². The van der Waals surface area contributed by atoms with Gasteiger partial charge in [-0.05, 0) is 55.7 Å². The van der Waals surface area contributed by atoms with Crippen LogP contribution in [0.4, 0.5) is 0 Å². The molecule has 0 saturated heterocycles. The second-order valence-corrected chi connectivity index (χ2v) is 6.14. The fourth-order valence-corrected chi connectivity index (χ4v) is 2.74. The maximum Gasteiger partial charge on any atom is 0.103 e. The molecule has 0 radical (unpaired) electrons. The van der Waals surface area contributed by atoms with Gasteiger partial charge in [0, 0.05) is 5.56 Å². The van der Waals surface area contributed by atoms with Gasteiger partial charge in [-0.2, -0.15) is 0 Å². The third-order valence-electron chi connectivity index (χ3n) is 4.06. The van der Waals surface area contributed by atoms with E-state index in [1.54, 1.807) is 0 Å². The van der Waals surface area contributed by atoms with E-state index >= 15 is 0 Å². The number of benzene rings is 1. The summed E-state index contributed by atoms with van der Waals surface area (Å²) in [5, 5.41) is 0. The molecule has 0 aliphatic heterocycles. The van der Waals surface area contributed by atoms with Crippen molar-refractivity contribution >= 4 is 17.2 Å². The third-order valence-corrected chi connectivity index (χ3v) is 4.30. The quantitative estimate of drug-likeness (QED) is 0.852. The Hall–Kier alpha value is -0.930. The number of hydrogen-bond acceptors (Lipinski definition) is 2. The van der Waals surface area contributed by atoms with Crippen LogP contribution in [0.1, 0.15) is 49.3 Å². The Morgan fingerprint density at radius 1 is 1.32 bits per heavy atom. The first kappa shape index (κ1) is 14.5. The number of thiocarbonyl (C=S) groups is 1. The molecule has 1 fully saturated rings. The Morgan fingerprint density at radius 2 is 2.00 bits per heavy atom. The van der Waals surface area contributed by atoms with Crippen molar-refractivity contribution in [1.82, 2.24) is 0 Å². The van der Waals surface area contributed by atoms with E-state index in [1.165, 1.54) is 36.8 Å². The summed E-state index contributed by atoms with van der Waals surface area (Å²) < 4.78 is 6.03.